The Balaban J connectivity index is -0.000000268. The number of benzene rings is 1. The van der Waals surface area contributed by atoms with Crippen LogP contribution in [0, 0.1) is 0 Å². The number of aryl methyl sites for hydroxylation is 1. The number of hydrogen-bond donors (Lipinski definition) is 0. The Bertz CT molecular complexity index is 408. The monoisotopic (exact) mass is 458 g/mol. The second-order valence-corrected chi connectivity index (χ2v) is 6.76. The van der Waals surface area contributed by atoms with E-state index >= 15 is 0 Å². The molecule has 0 saturated carbocycles. The van der Waals surface area contributed by atoms with Crippen molar-refractivity contribution in [1.82, 2.24) is 0 Å². The van der Waals surface area contributed by atoms with E-state index in [2.05, 4.69) is 37.3 Å². The van der Waals surface area contributed by atoms with E-state index in [1.165, 1.54) is 76.2 Å². The third-order valence-electron chi connectivity index (χ3n) is 3.66. The topological polar surface area (TPSA) is 86.2 Å². The van der Waals surface area contributed by atoms with E-state index in [0.717, 1.165) is 0 Å². The van der Waals surface area contributed by atoms with Crippen molar-refractivity contribution >= 4 is 7.82 Å². The zero-order valence-electron chi connectivity index (χ0n) is 17.2. The van der Waals surface area contributed by atoms with Gasteiger partial charge >= 0.3 is 154 Å². The van der Waals surface area contributed by atoms with Crippen LogP contribution in [0.3, 0.4) is 0 Å². The second kappa shape index (κ2) is 27.3. The molecule has 0 radical (unpaired) electrons. The largest absolute Gasteiger partial charge is 1.00 e. The summed E-state index contributed by atoms with van der Waals surface area (Å²) >= 11 is 0. The smallest absolute Gasteiger partial charge is 0.822 e. The van der Waals surface area contributed by atoms with Gasteiger partial charge in [0.2, 0.25) is 0 Å². The minimum absolute atomic E-state index is 0. The van der Waals surface area contributed by atoms with Crippen LogP contribution < -0.4 is 169 Å². The Morgan fingerprint density at radius 1 is 0.692 bits per heavy atom. The molecule has 0 amide bonds. The van der Waals surface area contributed by atoms with E-state index in [9.17, 15) is 0 Å². The maximum absolute atomic E-state index is 8.55. The molecule has 0 heterocycles. The normalized spacial score (nSPS) is 9.69. The fourth-order valence-electron chi connectivity index (χ4n) is 2.46. The molecule has 0 bridgehead atoms. The van der Waals surface area contributed by atoms with Gasteiger partial charge in [-0.25, -0.2) is 0 Å². The van der Waals surface area contributed by atoms with E-state index in [-0.39, 0.29) is 154 Å². The molecule has 0 fully saturated rings. The Morgan fingerprint density at radius 2 is 1.04 bits per heavy atom. The first-order valence-electron chi connectivity index (χ1n) is 8.70. The van der Waals surface area contributed by atoms with Gasteiger partial charge in [0.1, 0.15) is 0 Å². The fraction of sp³-hybridized carbons (Fsp3) is 0.667. The van der Waals surface area contributed by atoms with Gasteiger partial charge in [-0.3, -0.25) is 0 Å². The molecule has 0 aliphatic rings. The van der Waals surface area contributed by atoms with E-state index in [0.29, 0.717) is 0 Å². The first kappa shape index (κ1) is 37.5. The standard InChI is InChI=1S/C18H30.3K.H3O4P/c1-2-3-4-5-6-7-8-9-10-12-15-18-16-13-11-14-17-18;;;;1-5(2,3)4/h11,13-14,16-17H,2-10,12,15H2,1H3;;;;(H3,1,2,3,4)/q;3*+1;/p-3. The fourth-order valence-corrected chi connectivity index (χ4v) is 2.46. The zero-order chi connectivity index (χ0) is 17.4. The molecule has 0 atom stereocenters. The van der Waals surface area contributed by atoms with Gasteiger partial charge in [-0.2, -0.15) is 7.82 Å². The molecular weight excluding hydrogens is 428 g/mol. The molecule has 26 heavy (non-hydrogen) atoms. The molecule has 4 nitrogen and oxygen atoms in total. The summed E-state index contributed by atoms with van der Waals surface area (Å²) in [7, 11) is -5.39. The summed E-state index contributed by atoms with van der Waals surface area (Å²) in [6.07, 6.45) is 15.5. The summed E-state index contributed by atoms with van der Waals surface area (Å²) < 4.78 is 8.55. The molecule has 0 unspecified atom stereocenters. The van der Waals surface area contributed by atoms with Crippen molar-refractivity contribution in [3.05, 3.63) is 35.9 Å². The third kappa shape index (κ3) is 35.7. The van der Waals surface area contributed by atoms with Crippen LogP contribution in [0.2, 0.25) is 0 Å². The van der Waals surface area contributed by atoms with Gasteiger partial charge in [-0.1, -0.05) is 95.0 Å². The molecule has 1 aromatic carbocycles. The minimum atomic E-state index is -5.39. The summed E-state index contributed by atoms with van der Waals surface area (Å²) in [6.45, 7) is 2.28. The van der Waals surface area contributed by atoms with Gasteiger partial charge in [0.25, 0.3) is 0 Å². The van der Waals surface area contributed by atoms with Gasteiger partial charge in [-0.05, 0) is 18.4 Å². The number of unbranched alkanes of at least 4 members (excludes halogenated alkanes) is 9. The van der Waals surface area contributed by atoms with Gasteiger partial charge in [0.05, 0.1) is 0 Å². The van der Waals surface area contributed by atoms with Crippen molar-refractivity contribution in [2.75, 3.05) is 0 Å². The van der Waals surface area contributed by atoms with Gasteiger partial charge in [0, 0.05) is 0 Å². The predicted octanol–water partition coefficient (Wildman–Crippen LogP) is -5.66. The molecule has 1 aromatic rings. The van der Waals surface area contributed by atoms with Crippen LogP contribution >= 0.6 is 7.82 Å². The maximum Gasteiger partial charge on any atom is 1.00 e. The third-order valence-corrected chi connectivity index (χ3v) is 3.66. The first-order chi connectivity index (χ1) is 10.9. The van der Waals surface area contributed by atoms with Crippen molar-refractivity contribution in [3.8, 4) is 0 Å². The Hall–Kier alpha value is 4.24. The Labute approximate surface area is 288 Å². The molecule has 0 aliphatic heterocycles. The van der Waals surface area contributed by atoms with Crippen molar-refractivity contribution in [2.24, 2.45) is 0 Å². The van der Waals surface area contributed by atoms with Crippen LogP contribution in [0.15, 0.2) is 30.3 Å². The second-order valence-electron chi connectivity index (χ2n) is 5.86. The number of hydrogen-bond acceptors (Lipinski definition) is 4. The summed E-state index contributed by atoms with van der Waals surface area (Å²) in [4.78, 5) is 25.6. The Morgan fingerprint density at radius 3 is 1.42 bits per heavy atom. The summed E-state index contributed by atoms with van der Waals surface area (Å²) in [5, 5.41) is 0. The predicted molar refractivity (Wildman–Crippen MR) is 89.6 cm³/mol. The SMILES string of the molecule is CCCCCCCCCCCCc1ccccc1.O=P([O-])([O-])[O-].[K+].[K+].[K+]. The van der Waals surface area contributed by atoms with Crippen molar-refractivity contribution in [2.45, 2.75) is 77.6 Å². The Kier molecular flexibility index (Phi) is 39.4. The molecule has 1 rings (SSSR count). The van der Waals surface area contributed by atoms with E-state index in [1.54, 1.807) is 0 Å². The van der Waals surface area contributed by atoms with Crippen LogP contribution in [-0.4, -0.2) is 0 Å². The molecule has 0 aliphatic carbocycles. The van der Waals surface area contributed by atoms with Gasteiger partial charge in [0.15, 0.2) is 0 Å². The zero-order valence-corrected chi connectivity index (χ0v) is 27.5. The van der Waals surface area contributed by atoms with Crippen molar-refractivity contribution in [1.29, 1.82) is 0 Å². The van der Waals surface area contributed by atoms with Crippen LogP contribution in [0.5, 0.6) is 0 Å². The van der Waals surface area contributed by atoms with Crippen LogP contribution in [0.25, 0.3) is 0 Å². The molecule has 0 spiro atoms. The summed E-state index contributed by atoms with van der Waals surface area (Å²) in [5.74, 6) is 0. The molecule has 134 valence electrons. The number of phosphoric acid groups is 1. The molecule has 0 aromatic heterocycles. The molecule has 0 N–H and O–H groups in total. The van der Waals surface area contributed by atoms with Crippen LogP contribution in [0.4, 0.5) is 0 Å². The molecule has 0 saturated heterocycles. The van der Waals surface area contributed by atoms with Crippen molar-refractivity contribution < 1.29 is 173 Å². The molecule has 8 heteroatoms. The summed E-state index contributed by atoms with van der Waals surface area (Å²) in [5.41, 5.74) is 1.50. The average Bonchev–Trinajstić information content (AvgIpc) is 2.48. The van der Waals surface area contributed by atoms with E-state index in [4.69, 9.17) is 19.2 Å². The summed E-state index contributed by atoms with van der Waals surface area (Å²) in [6, 6.07) is 10.9. The first-order valence-corrected chi connectivity index (χ1v) is 10.2. The maximum atomic E-state index is 8.55. The van der Waals surface area contributed by atoms with Crippen molar-refractivity contribution in [3.63, 3.8) is 0 Å². The van der Waals surface area contributed by atoms with Crippen LogP contribution in [-0.2, 0) is 11.0 Å². The van der Waals surface area contributed by atoms with Gasteiger partial charge < -0.3 is 19.2 Å². The number of rotatable bonds is 11. The minimum Gasteiger partial charge on any atom is -0.822 e. The van der Waals surface area contributed by atoms with Crippen LogP contribution in [0.1, 0.15) is 76.7 Å². The van der Waals surface area contributed by atoms with E-state index in [1.807, 2.05) is 0 Å². The quantitative estimate of drug-likeness (QED) is 0.188. The van der Waals surface area contributed by atoms with Gasteiger partial charge in [-0.15, -0.1) is 0 Å². The molecular formula is C18H30K3O4P. The van der Waals surface area contributed by atoms with E-state index < -0.39 is 7.82 Å². The average molecular weight is 459 g/mol.